The lowest BCUT2D eigenvalue weighted by molar-refractivity contribution is 0.629. The van der Waals surface area contributed by atoms with E-state index in [1.165, 1.54) is 66.6 Å². The molecule has 53 heavy (non-hydrogen) atoms. The van der Waals surface area contributed by atoms with Crippen LogP contribution in [0.2, 0.25) is 0 Å². The molecule has 0 atom stereocenters. The van der Waals surface area contributed by atoms with Crippen molar-refractivity contribution in [2.45, 2.75) is 0 Å². The van der Waals surface area contributed by atoms with Crippen LogP contribution < -0.4 is 4.90 Å². The van der Waals surface area contributed by atoms with Crippen LogP contribution in [0.25, 0.3) is 88.0 Å². The first kappa shape index (κ1) is 29.7. The Morgan fingerprint density at radius 1 is 0.377 bits per heavy atom. The quantitative estimate of drug-likeness (QED) is 0.180. The summed E-state index contributed by atoms with van der Waals surface area (Å²) in [6.45, 7) is 0. The molecule has 1 aliphatic carbocycles. The molecule has 1 aliphatic rings. The number of hydrogen-bond donors (Lipinski definition) is 0. The van der Waals surface area contributed by atoms with Crippen LogP contribution in [0.3, 0.4) is 0 Å². The van der Waals surface area contributed by atoms with Crippen molar-refractivity contribution in [1.29, 1.82) is 0 Å². The Balaban J connectivity index is 1.18. The zero-order chi connectivity index (χ0) is 35.0. The maximum atomic E-state index is 15.9. The number of para-hydroxylation sites is 2. The van der Waals surface area contributed by atoms with Gasteiger partial charge in [-0.25, -0.2) is 4.39 Å². The van der Waals surface area contributed by atoms with E-state index in [1.54, 1.807) is 6.07 Å². The molecule has 0 unspecified atom stereocenters. The first-order valence-corrected chi connectivity index (χ1v) is 18.0. The van der Waals surface area contributed by atoms with Crippen molar-refractivity contribution in [3.8, 4) is 44.5 Å². The Labute approximate surface area is 305 Å². The van der Waals surface area contributed by atoms with Crippen molar-refractivity contribution in [2.24, 2.45) is 0 Å². The van der Waals surface area contributed by atoms with Gasteiger partial charge in [-0.2, -0.15) is 0 Å². The Morgan fingerprint density at radius 3 is 1.62 bits per heavy atom. The average molecular weight is 680 g/mol. The van der Waals surface area contributed by atoms with Crippen LogP contribution in [-0.2, 0) is 0 Å². The molecule has 0 saturated carbocycles. The summed E-state index contributed by atoms with van der Waals surface area (Å²) in [6, 6.07) is 62.6. The zero-order valence-electron chi connectivity index (χ0n) is 28.6. The largest absolute Gasteiger partial charge is 0.456 e. The molecular weight excluding hydrogens is 650 g/mol. The predicted molar refractivity (Wildman–Crippen MR) is 219 cm³/mol. The second-order valence-corrected chi connectivity index (χ2v) is 13.7. The molecule has 3 heteroatoms. The Kier molecular flexibility index (Phi) is 6.47. The highest BCUT2D eigenvalue weighted by Crippen LogP contribution is 2.57. The molecule has 0 amide bonds. The second kappa shape index (κ2) is 11.5. The Hall–Kier alpha value is -6.97. The molecule has 248 valence electrons. The van der Waals surface area contributed by atoms with E-state index in [-0.39, 0.29) is 5.82 Å². The van der Waals surface area contributed by atoms with E-state index in [4.69, 9.17) is 4.42 Å². The van der Waals surface area contributed by atoms with Crippen LogP contribution in [0.15, 0.2) is 186 Å². The van der Waals surface area contributed by atoms with Crippen molar-refractivity contribution in [3.05, 3.63) is 188 Å². The van der Waals surface area contributed by atoms with Crippen LogP contribution in [0.1, 0.15) is 0 Å². The average Bonchev–Trinajstić information content (AvgIpc) is 3.76. The molecule has 11 rings (SSSR count). The smallest absolute Gasteiger partial charge is 0.147 e. The number of nitrogens with zero attached hydrogens (tertiary/aromatic N) is 1. The van der Waals surface area contributed by atoms with Crippen molar-refractivity contribution in [3.63, 3.8) is 0 Å². The Morgan fingerprint density at radius 2 is 0.925 bits per heavy atom. The fraction of sp³-hybridized carbons (Fsp3) is 0. The summed E-state index contributed by atoms with van der Waals surface area (Å²) < 4.78 is 22.1. The van der Waals surface area contributed by atoms with Gasteiger partial charge in [0.15, 0.2) is 0 Å². The van der Waals surface area contributed by atoms with E-state index >= 15 is 4.39 Å². The highest BCUT2D eigenvalue weighted by Gasteiger charge is 2.30. The summed E-state index contributed by atoms with van der Waals surface area (Å²) in [5.41, 5.74) is 13.5. The maximum Gasteiger partial charge on any atom is 0.147 e. The lowest BCUT2D eigenvalue weighted by Gasteiger charge is -2.27. The van der Waals surface area contributed by atoms with Gasteiger partial charge in [0.1, 0.15) is 17.0 Å². The molecule has 0 bridgehead atoms. The van der Waals surface area contributed by atoms with Crippen molar-refractivity contribution < 1.29 is 8.81 Å². The molecule has 1 heterocycles. The fourth-order valence-corrected chi connectivity index (χ4v) is 8.70. The summed E-state index contributed by atoms with van der Waals surface area (Å²) in [4.78, 5) is 2.01. The van der Waals surface area contributed by atoms with Gasteiger partial charge in [-0.05, 0) is 109 Å². The van der Waals surface area contributed by atoms with Crippen molar-refractivity contribution in [1.82, 2.24) is 0 Å². The van der Waals surface area contributed by atoms with Gasteiger partial charge >= 0.3 is 0 Å². The maximum absolute atomic E-state index is 15.9. The zero-order valence-corrected chi connectivity index (χ0v) is 28.6. The summed E-state index contributed by atoms with van der Waals surface area (Å²) in [7, 11) is 0. The number of furan rings is 1. The summed E-state index contributed by atoms with van der Waals surface area (Å²) in [5.74, 6) is -0.299. The minimum Gasteiger partial charge on any atom is -0.456 e. The SMILES string of the molecule is Fc1ccccc1N(c1ccc(-c2c3c(c(-c4ccccc4)c4ccccc24)-c2cccc4cccc-3c24)cc1)c1cccc2oc3ccccc3c12. The molecule has 0 spiro atoms. The van der Waals surface area contributed by atoms with Crippen LogP contribution in [0, 0.1) is 5.82 Å². The molecule has 0 aliphatic heterocycles. The lowest BCUT2D eigenvalue weighted by Crippen LogP contribution is -2.12. The standard InChI is InChI=1S/C50H30FNO/c51-40-22-7-8-23-41(40)52(42-24-12-26-44-48(42)37-19-6-9-25-43(37)53-44)34-29-27-33(28-30-34)47-36-18-5-4-17-35(36)46(32-13-2-1-3-14-32)49-38-20-10-15-31-16-11-21-39(45(31)38)50(47)49/h1-30H. The number of rotatable bonds is 5. The van der Waals surface area contributed by atoms with Gasteiger partial charge in [0.2, 0.25) is 0 Å². The Bertz CT molecular complexity index is 3060. The third kappa shape index (κ3) is 4.38. The predicted octanol–water partition coefficient (Wildman–Crippen LogP) is 14.5. The number of hydrogen-bond acceptors (Lipinski definition) is 2. The normalized spacial score (nSPS) is 11.9. The highest BCUT2D eigenvalue weighted by atomic mass is 19.1. The van der Waals surface area contributed by atoms with Gasteiger partial charge in [-0.1, -0.05) is 140 Å². The van der Waals surface area contributed by atoms with Gasteiger partial charge in [0, 0.05) is 11.1 Å². The third-order valence-corrected chi connectivity index (χ3v) is 10.9. The van der Waals surface area contributed by atoms with E-state index in [9.17, 15) is 0 Å². The molecule has 9 aromatic carbocycles. The van der Waals surface area contributed by atoms with Crippen LogP contribution in [0.4, 0.5) is 21.5 Å². The minimum atomic E-state index is -0.299. The van der Waals surface area contributed by atoms with E-state index in [1.807, 2.05) is 53.4 Å². The van der Waals surface area contributed by atoms with Crippen LogP contribution >= 0.6 is 0 Å². The van der Waals surface area contributed by atoms with Crippen molar-refractivity contribution >= 4 is 60.5 Å². The molecule has 0 saturated heterocycles. The van der Waals surface area contributed by atoms with Crippen molar-refractivity contribution in [2.75, 3.05) is 4.90 Å². The topological polar surface area (TPSA) is 16.4 Å². The highest BCUT2D eigenvalue weighted by molar-refractivity contribution is 6.27. The second-order valence-electron chi connectivity index (χ2n) is 13.7. The van der Waals surface area contributed by atoms with Crippen LogP contribution in [0.5, 0.6) is 0 Å². The van der Waals surface area contributed by atoms with E-state index in [2.05, 4.69) is 121 Å². The van der Waals surface area contributed by atoms with Gasteiger partial charge in [-0.15, -0.1) is 0 Å². The van der Waals surface area contributed by atoms with Gasteiger partial charge in [-0.3, -0.25) is 0 Å². The monoisotopic (exact) mass is 679 g/mol. The molecule has 0 N–H and O–H groups in total. The molecule has 0 fully saturated rings. The van der Waals surface area contributed by atoms with Gasteiger partial charge in [0.05, 0.1) is 16.8 Å². The molecule has 1 aromatic heterocycles. The van der Waals surface area contributed by atoms with Gasteiger partial charge in [0.25, 0.3) is 0 Å². The fourth-order valence-electron chi connectivity index (χ4n) is 8.70. The number of halogens is 1. The number of benzene rings is 9. The number of fused-ring (bicyclic) bond motifs is 7. The summed E-state index contributed by atoms with van der Waals surface area (Å²) in [5, 5.41) is 6.88. The first-order valence-electron chi connectivity index (χ1n) is 18.0. The lowest BCUT2D eigenvalue weighted by atomic mass is 9.82. The summed E-state index contributed by atoms with van der Waals surface area (Å²) in [6.07, 6.45) is 0. The first-order chi connectivity index (χ1) is 26.2. The minimum absolute atomic E-state index is 0.299. The van der Waals surface area contributed by atoms with E-state index in [0.29, 0.717) is 5.69 Å². The molecule has 2 nitrogen and oxygen atoms in total. The third-order valence-electron chi connectivity index (χ3n) is 10.9. The summed E-state index contributed by atoms with van der Waals surface area (Å²) >= 11 is 0. The van der Waals surface area contributed by atoms with Crippen LogP contribution in [-0.4, -0.2) is 0 Å². The number of anilines is 3. The van der Waals surface area contributed by atoms with E-state index in [0.717, 1.165) is 38.9 Å². The molecular formula is C50H30FNO. The molecule has 0 radical (unpaired) electrons. The van der Waals surface area contributed by atoms with E-state index < -0.39 is 0 Å². The van der Waals surface area contributed by atoms with Gasteiger partial charge < -0.3 is 9.32 Å². The molecule has 10 aromatic rings.